The van der Waals surface area contributed by atoms with Gasteiger partial charge in [-0.3, -0.25) is 14.6 Å². The summed E-state index contributed by atoms with van der Waals surface area (Å²) in [6, 6.07) is 0. The monoisotopic (exact) mass is 444 g/mol. The molecule has 3 atom stereocenters. The van der Waals surface area contributed by atoms with Gasteiger partial charge in [0.25, 0.3) is 5.56 Å². The van der Waals surface area contributed by atoms with E-state index in [0.717, 1.165) is 13.1 Å². The molecule has 1 aromatic rings. The Morgan fingerprint density at radius 3 is 2.10 bits per heavy atom. The zero-order chi connectivity index (χ0) is 23.7. The molecule has 1 aromatic heterocycles. The predicted octanol–water partition coefficient (Wildman–Crippen LogP) is -0.904. The first kappa shape index (κ1) is 25.6. The molecule has 0 aliphatic heterocycles. The van der Waals surface area contributed by atoms with E-state index in [-0.39, 0.29) is 12.2 Å². The van der Waals surface area contributed by atoms with Crippen LogP contribution >= 0.6 is 0 Å². The molecular weight excluding hydrogens is 420 g/mol. The molecule has 0 saturated heterocycles. The number of carboxylic acids is 1. The number of aliphatic carboxylic acids is 1. The number of carbonyl (C=O) groups is 4. The Labute approximate surface area is 175 Å². The smallest absolute Gasteiger partial charge is 0.350 e. The van der Waals surface area contributed by atoms with Gasteiger partial charge < -0.3 is 29.0 Å². The zero-order valence-electron chi connectivity index (χ0n) is 17.3. The third kappa shape index (κ3) is 8.42. The van der Waals surface area contributed by atoms with Gasteiger partial charge in [-0.25, -0.2) is 19.2 Å². The van der Waals surface area contributed by atoms with Gasteiger partial charge in [-0.2, -0.15) is 0 Å². The van der Waals surface area contributed by atoms with Gasteiger partial charge in [-0.05, 0) is 13.8 Å². The molecule has 0 bridgehead atoms. The van der Waals surface area contributed by atoms with Crippen molar-refractivity contribution in [3.05, 3.63) is 32.6 Å². The molecule has 1 heterocycles. The molecule has 0 aliphatic carbocycles. The fourth-order valence-corrected chi connectivity index (χ4v) is 1.87. The van der Waals surface area contributed by atoms with Crippen molar-refractivity contribution in [2.75, 3.05) is 6.61 Å². The highest BCUT2D eigenvalue weighted by Gasteiger charge is 2.31. The van der Waals surface area contributed by atoms with Crippen LogP contribution in [0, 0.1) is 5.92 Å². The normalized spacial score (nSPS) is 13.7. The fourth-order valence-electron chi connectivity index (χ4n) is 1.87. The third-order valence-corrected chi connectivity index (χ3v) is 3.68. The maximum Gasteiger partial charge on any atom is 0.350 e. The lowest BCUT2D eigenvalue weighted by atomic mass is 10.2. The van der Waals surface area contributed by atoms with Crippen molar-refractivity contribution >= 4 is 23.9 Å². The molecule has 0 fully saturated rings. The largest absolute Gasteiger partial charge is 0.479 e. The van der Waals surface area contributed by atoms with Crippen LogP contribution in [0.2, 0.25) is 0 Å². The van der Waals surface area contributed by atoms with E-state index in [0.29, 0.717) is 0 Å². The topological polar surface area (TPSA) is 191 Å². The van der Waals surface area contributed by atoms with Crippen molar-refractivity contribution in [2.24, 2.45) is 5.92 Å². The van der Waals surface area contributed by atoms with Crippen molar-refractivity contribution in [3.63, 3.8) is 0 Å². The van der Waals surface area contributed by atoms with E-state index in [1.165, 1.54) is 6.92 Å². The highest BCUT2D eigenvalue weighted by atomic mass is 16.6. The van der Waals surface area contributed by atoms with Gasteiger partial charge in [0.2, 0.25) is 6.10 Å². The average molecular weight is 444 g/mol. The summed E-state index contributed by atoms with van der Waals surface area (Å²) in [5.41, 5.74) is -1.44. The van der Waals surface area contributed by atoms with Crippen molar-refractivity contribution in [2.45, 2.75) is 52.6 Å². The Kier molecular flexibility index (Phi) is 9.60. The van der Waals surface area contributed by atoms with E-state index in [2.05, 4.69) is 4.98 Å². The Morgan fingerprint density at radius 1 is 0.935 bits per heavy atom. The van der Waals surface area contributed by atoms with Crippen LogP contribution in [0.4, 0.5) is 0 Å². The van der Waals surface area contributed by atoms with Crippen LogP contribution in [0.3, 0.4) is 0 Å². The molecular formula is C18H24N2O11. The summed E-state index contributed by atoms with van der Waals surface area (Å²) in [6.07, 6.45) is -3.51. The highest BCUT2D eigenvalue weighted by molar-refractivity contribution is 5.84. The molecule has 3 N–H and O–H groups in total. The molecule has 13 heteroatoms. The first-order valence-electron chi connectivity index (χ1n) is 9.15. The third-order valence-electron chi connectivity index (χ3n) is 3.68. The van der Waals surface area contributed by atoms with E-state index in [9.17, 15) is 28.8 Å². The van der Waals surface area contributed by atoms with Crippen LogP contribution < -0.4 is 11.2 Å². The van der Waals surface area contributed by atoms with Gasteiger partial charge in [0.1, 0.15) is 0 Å². The van der Waals surface area contributed by atoms with E-state index >= 15 is 0 Å². The Morgan fingerprint density at radius 2 is 1.55 bits per heavy atom. The van der Waals surface area contributed by atoms with Crippen LogP contribution in [-0.4, -0.2) is 63.9 Å². The number of nitrogens with one attached hydrogen (secondary N) is 2. The molecule has 13 nitrogen and oxygen atoms in total. The zero-order valence-corrected chi connectivity index (χ0v) is 17.3. The minimum atomic E-state index is -1.71. The molecule has 31 heavy (non-hydrogen) atoms. The molecule has 0 aromatic carbocycles. The number of ether oxygens (including phenoxy) is 4. The molecule has 0 aliphatic rings. The standard InChI is InChI=1S/C18H24N2O11/c1-8(2)15(24)30-10(4)16(25)31-12(17(26)29-9(3)14(22)23)7-28-6-11-5-19-18(27)20-13(11)21/h5,8-10,12H,6-7H2,1-4H3,(H,22,23)(H2,19,20,21,27). The summed E-state index contributed by atoms with van der Waals surface area (Å²) in [7, 11) is 0. The second-order valence-electron chi connectivity index (χ2n) is 6.69. The number of hydrogen-bond donors (Lipinski definition) is 3. The molecule has 0 amide bonds. The van der Waals surface area contributed by atoms with E-state index in [1.54, 1.807) is 13.8 Å². The summed E-state index contributed by atoms with van der Waals surface area (Å²) < 4.78 is 19.8. The summed E-state index contributed by atoms with van der Waals surface area (Å²) in [6.45, 7) is 4.44. The van der Waals surface area contributed by atoms with Gasteiger partial charge in [0.05, 0.1) is 24.7 Å². The number of hydrogen-bond acceptors (Lipinski definition) is 10. The minimum Gasteiger partial charge on any atom is -0.479 e. The van der Waals surface area contributed by atoms with E-state index in [1.807, 2.05) is 4.98 Å². The minimum absolute atomic E-state index is 0.0104. The summed E-state index contributed by atoms with van der Waals surface area (Å²) >= 11 is 0. The van der Waals surface area contributed by atoms with Crippen LogP contribution in [-0.2, 0) is 44.7 Å². The van der Waals surface area contributed by atoms with Crippen molar-refractivity contribution < 1.29 is 43.2 Å². The van der Waals surface area contributed by atoms with Crippen LogP contribution in [0.25, 0.3) is 0 Å². The van der Waals surface area contributed by atoms with Crippen molar-refractivity contribution in [3.8, 4) is 0 Å². The first-order chi connectivity index (χ1) is 14.4. The summed E-state index contributed by atoms with van der Waals surface area (Å²) in [5.74, 6) is -4.92. The second-order valence-corrected chi connectivity index (χ2v) is 6.69. The van der Waals surface area contributed by atoms with E-state index in [4.69, 9.17) is 24.1 Å². The number of rotatable bonds is 11. The lowest BCUT2D eigenvalue weighted by Crippen LogP contribution is -2.40. The van der Waals surface area contributed by atoms with Crippen molar-refractivity contribution in [1.29, 1.82) is 0 Å². The molecule has 0 saturated carbocycles. The van der Waals surface area contributed by atoms with Crippen LogP contribution in [0.1, 0.15) is 33.3 Å². The SMILES string of the molecule is CC(C)C(=O)OC(C)C(=O)OC(COCc1c[nH]c(=O)[nH]c1=O)C(=O)OC(C)C(=O)O. The predicted molar refractivity (Wildman–Crippen MR) is 101 cm³/mol. The second kappa shape index (κ2) is 11.6. The van der Waals surface area contributed by atoms with Gasteiger partial charge in [0.15, 0.2) is 12.2 Å². The molecule has 0 spiro atoms. The lowest BCUT2D eigenvalue weighted by Gasteiger charge is -2.20. The van der Waals surface area contributed by atoms with Crippen molar-refractivity contribution in [1.82, 2.24) is 9.97 Å². The molecule has 172 valence electrons. The lowest BCUT2D eigenvalue weighted by molar-refractivity contribution is -0.186. The number of aromatic amines is 2. The summed E-state index contributed by atoms with van der Waals surface area (Å²) in [5, 5.41) is 8.87. The van der Waals surface area contributed by atoms with Gasteiger partial charge in [0, 0.05) is 6.20 Å². The highest BCUT2D eigenvalue weighted by Crippen LogP contribution is 2.08. The van der Waals surface area contributed by atoms with Gasteiger partial charge in [-0.15, -0.1) is 0 Å². The Hall–Kier alpha value is -3.48. The Bertz CT molecular complexity index is 918. The number of aromatic nitrogens is 2. The Balaban J connectivity index is 2.84. The van der Waals surface area contributed by atoms with Crippen LogP contribution in [0.5, 0.6) is 0 Å². The van der Waals surface area contributed by atoms with Gasteiger partial charge >= 0.3 is 29.6 Å². The fraction of sp³-hybridized carbons (Fsp3) is 0.556. The maximum atomic E-state index is 12.2. The average Bonchev–Trinajstić information content (AvgIpc) is 2.68. The van der Waals surface area contributed by atoms with E-state index < -0.39 is 66.0 Å². The molecule has 1 rings (SSSR count). The summed E-state index contributed by atoms with van der Waals surface area (Å²) in [4.78, 5) is 73.8. The first-order valence-corrected chi connectivity index (χ1v) is 9.15. The molecule has 0 radical (unpaired) electrons. The maximum absolute atomic E-state index is 12.2. The number of carbonyl (C=O) groups excluding carboxylic acids is 3. The van der Waals surface area contributed by atoms with Crippen LogP contribution in [0.15, 0.2) is 15.8 Å². The molecule has 3 unspecified atom stereocenters. The number of carboxylic acid groups (broad SMARTS) is 1. The number of esters is 3. The van der Waals surface area contributed by atoms with Gasteiger partial charge in [-0.1, -0.05) is 13.8 Å². The number of H-pyrrole nitrogens is 2. The quantitative estimate of drug-likeness (QED) is 0.283.